The van der Waals surface area contributed by atoms with Gasteiger partial charge in [0.25, 0.3) is 0 Å². The van der Waals surface area contributed by atoms with E-state index >= 15 is 0 Å². The van der Waals surface area contributed by atoms with E-state index in [9.17, 15) is 9.59 Å². The van der Waals surface area contributed by atoms with E-state index in [1.165, 1.54) is 24.4 Å². The highest BCUT2D eigenvalue weighted by Crippen LogP contribution is 2.11. The molecule has 6 nitrogen and oxygen atoms in total. The lowest BCUT2D eigenvalue weighted by atomic mass is 10.1. The SMILES string of the molecule is CCN(C(=O)C=Cc1ccccc1)[C@@H](Cc1cnc[nH]1)C(=O)OC. The van der Waals surface area contributed by atoms with Crippen LogP contribution >= 0.6 is 0 Å². The number of methoxy groups -OCH3 is 1. The van der Waals surface area contributed by atoms with Gasteiger partial charge in [-0.2, -0.15) is 0 Å². The highest BCUT2D eigenvalue weighted by molar-refractivity contribution is 5.94. The first-order chi connectivity index (χ1) is 11.7. The van der Waals surface area contributed by atoms with Crippen molar-refractivity contribution in [2.75, 3.05) is 13.7 Å². The Hall–Kier alpha value is -2.89. The minimum Gasteiger partial charge on any atom is -0.467 e. The molecule has 0 aliphatic carbocycles. The molecule has 1 aromatic heterocycles. The maximum atomic E-state index is 12.5. The lowest BCUT2D eigenvalue weighted by Gasteiger charge is -2.27. The standard InChI is InChI=1S/C18H21N3O3/c1-3-21(17(22)10-9-14-7-5-4-6-8-14)16(18(23)24-2)11-15-12-19-13-20-15/h4-10,12-13,16H,3,11H2,1-2H3,(H,19,20)/t16-/m0/s1. The Morgan fingerprint density at radius 3 is 2.67 bits per heavy atom. The molecule has 0 aliphatic rings. The van der Waals surface area contributed by atoms with E-state index < -0.39 is 12.0 Å². The fraction of sp³-hybridized carbons (Fsp3) is 0.278. The van der Waals surface area contributed by atoms with E-state index in [2.05, 4.69) is 9.97 Å². The van der Waals surface area contributed by atoms with Gasteiger partial charge in [-0.1, -0.05) is 30.3 Å². The van der Waals surface area contributed by atoms with Gasteiger partial charge in [-0.25, -0.2) is 9.78 Å². The number of aromatic amines is 1. The maximum Gasteiger partial charge on any atom is 0.328 e. The number of ether oxygens (including phenoxy) is 1. The molecule has 0 fully saturated rings. The minimum absolute atomic E-state index is 0.240. The number of carbonyl (C=O) groups is 2. The summed E-state index contributed by atoms with van der Waals surface area (Å²) in [5.41, 5.74) is 1.69. The predicted molar refractivity (Wildman–Crippen MR) is 91.0 cm³/mol. The molecule has 1 N–H and O–H groups in total. The number of H-pyrrole nitrogens is 1. The van der Waals surface area contributed by atoms with E-state index in [0.717, 1.165) is 11.3 Å². The van der Waals surface area contributed by atoms with Crippen LogP contribution in [-0.4, -0.2) is 46.4 Å². The molecule has 0 unspecified atom stereocenters. The van der Waals surface area contributed by atoms with Gasteiger partial charge in [-0.05, 0) is 18.6 Å². The van der Waals surface area contributed by atoms with Crippen LogP contribution in [0.4, 0.5) is 0 Å². The van der Waals surface area contributed by atoms with Crippen molar-refractivity contribution in [1.82, 2.24) is 14.9 Å². The molecule has 1 amide bonds. The molecule has 0 bridgehead atoms. The molecule has 2 aromatic rings. The third-order valence-electron chi connectivity index (χ3n) is 3.66. The number of amides is 1. The van der Waals surface area contributed by atoms with E-state index in [-0.39, 0.29) is 5.91 Å². The number of nitrogens with one attached hydrogen (secondary N) is 1. The molecule has 0 saturated carbocycles. The second kappa shape index (κ2) is 8.67. The first kappa shape index (κ1) is 17.5. The van der Waals surface area contributed by atoms with Gasteiger partial charge in [0.05, 0.1) is 13.4 Å². The lowest BCUT2D eigenvalue weighted by Crippen LogP contribution is -2.46. The Morgan fingerprint density at radius 2 is 2.08 bits per heavy atom. The van der Waals surface area contributed by atoms with Crippen molar-refractivity contribution in [3.8, 4) is 0 Å². The summed E-state index contributed by atoms with van der Waals surface area (Å²) < 4.78 is 4.87. The molecule has 24 heavy (non-hydrogen) atoms. The van der Waals surface area contributed by atoms with Gasteiger partial charge in [-0.15, -0.1) is 0 Å². The van der Waals surface area contributed by atoms with E-state index in [1.54, 1.807) is 12.3 Å². The third kappa shape index (κ3) is 4.55. The Balaban J connectivity index is 2.16. The van der Waals surface area contributed by atoms with E-state index in [0.29, 0.717) is 13.0 Å². The van der Waals surface area contributed by atoms with Crippen LogP contribution in [-0.2, 0) is 20.7 Å². The fourth-order valence-electron chi connectivity index (χ4n) is 2.42. The summed E-state index contributed by atoms with van der Waals surface area (Å²) in [4.78, 5) is 33.1. The van der Waals surface area contributed by atoms with Crippen molar-refractivity contribution in [1.29, 1.82) is 0 Å². The zero-order valence-corrected chi connectivity index (χ0v) is 13.8. The van der Waals surface area contributed by atoms with Crippen molar-refractivity contribution in [2.24, 2.45) is 0 Å². The fourth-order valence-corrected chi connectivity index (χ4v) is 2.42. The Bertz CT molecular complexity index is 681. The van der Waals surface area contributed by atoms with Crippen LogP contribution < -0.4 is 0 Å². The summed E-state index contributed by atoms with van der Waals surface area (Å²) in [5, 5.41) is 0. The molecule has 1 heterocycles. The summed E-state index contributed by atoms with van der Waals surface area (Å²) in [5.74, 6) is -0.691. The number of hydrogen-bond acceptors (Lipinski definition) is 4. The summed E-state index contributed by atoms with van der Waals surface area (Å²) >= 11 is 0. The van der Waals surface area contributed by atoms with Crippen LogP contribution in [0.15, 0.2) is 48.9 Å². The predicted octanol–water partition coefficient (Wildman–Crippen LogP) is 2.06. The highest BCUT2D eigenvalue weighted by Gasteiger charge is 2.29. The maximum absolute atomic E-state index is 12.5. The number of benzene rings is 1. The van der Waals surface area contributed by atoms with Crippen molar-refractivity contribution >= 4 is 18.0 Å². The molecule has 126 valence electrons. The Labute approximate surface area is 141 Å². The van der Waals surface area contributed by atoms with Crippen LogP contribution in [0.2, 0.25) is 0 Å². The largest absolute Gasteiger partial charge is 0.467 e. The number of esters is 1. The minimum atomic E-state index is -0.701. The lowest BCUT2D eigenvalue weighted by molar-refractivity contribution is -0.151. The molecule has 0 saturated heterocycles. The Morgan fingerprint density at radius 1 is 1.33 bits per heavy atom. The zero-order chi connectivity index (χ0) is 17.4. The molecular formula is C18H21N3O3. The van der Waals surface area contributed by atoms with Gasteiger partial charge in [0.1, 0.15) is 6.04 Å². The van der Waals surface area contributed by atoms with Gasteiger partial charge >= 0.3 is 5.97 Å². The molecule has 1 aromatic carbocycles. The van der Waals surface area contributed by atoms with Crippen LogP contribution in [0.25, 0.3) is 6.08 Å². The van der Waals surface area contributed by atoms with Crippen LogP contribution in [0.1, 0.15) is 18.2 Å². The van der Waals surface area contributed by atoms with Crippen molar-refractivity contribution in [2.45, 2.75) is 19.4 Å². The quantitative estimate of drug-likeness (QED) is 0.624. The van der Waals surface area contributed by atoms with Crippen LogP contribution in [0, 0.1) is 0 Å². The topological polar surface area (TPSA) is 75.3 Å². The normalized spacial score (nSPS) is 12.1. The van der Waals surface area contributed by atoms with E-state index in [4.69, 9.17) is 4.74 Å². The molecular weight excluding hydrogens is 306 g/mol. The number of rotatable bonds is 7. The summed E-state index contributed by atoms with van der Waals surface area (Å²) in [6.07, 6.45) is 6.70. The van der Waals surface area contributed by atoms with Crippen molar-refractivity contribution in [3.05, 3.63) is 60.2 Å². The number of hydrogen-bond donors (Lipinski definition) is 1. The molecule has 0 radical (unpaired) electrons. The smallest absolute Gasteiger partial charge is 0.328 e. The molecule has 0 spiro atoms. The van der Waals surface area contributed by atoms with Crippen LogP contribution in [0.3, 0.4) is 0 Å². The third-order valence-corrected chi connectivity index (χ3v) is 3.66. The number of carbonyl (C=O) groups excluding carboxylic acids is 2. The zero-order valence-electron chi connectivity index (χ0n) is 13.8. The Kier molecular flexibility index (Phi) is 6.31. The summed E-state index contributed by atoms with van der Waals surface area (Å²) in [7, 11) is 1.32. The van der Waals surface area contributed by atoms with E-state index in [1.807, 2.05) is 37.3 Å². The second-order valence-electron chi connectivity index (χ2n) is 5.19. The highest BCUT2D eigenvalue weighted by atomic mass is 16.5. The van der Waals surface area contributed by atoms with Gasteiger partial charge in [-0.3, -0.25) is 4.79 Å². The van der Waals surface area contributed by atoms with Crippen molar-refractivity contribution < 1.29 is 14.3 Å². The van der Waals surface area contributed by atoms with Gasteiger partial charge in [0.15, 0.2) is 0 Å². The number of nitrogens with zero attached hydrogens (tertiary/aromatic N) is 2. The average molecular weight is 327 g/mol. The second-order valence-corrected chi connectivity index (χ2v) is 5.19. The summed E-state index contributed by atoms with van der Waals surface area (Å²) in [6.45, 7) is 2.23. The molecule has 6 heteroatoms. The molecule has 1 atom stereocenters. The first-order valence-corrected chi connectivity index (χ1v) is 7.74. The van der Waals surface area contributed by atoms with Crippen LogP contribution in [0.5, 0.6) is 0 Å². The van der Waals surface area contributed by atoms with Crippen molar-refractivity contribution in [3.63, 3.8) is 0 Å². The first-order valence-electron chi connectivity index (χ1n) is 7.74. The molecule has 0 aliphatic heterocycles. The average Bonchev–Trinajstić information content (AvgIpc) is 3.13. The number of imidazole rings is 1. The van der Waals surface area contributed by atoms with Gasteiger partial charge in [0, 0.05) is 30.9 Å². The van der Waals surface area contributed by atoms with Gasteiger partial charge < -0.3 is 14.6 Å². The monoisotopic (exact) mass is 327 g/mol. The summed E-state index contributed by atoms with van der Waals surface area (Å²) in [6, 6.07) is 8.82. The number of likely N-dealkylation sites (N-methyl/N-ethyl adjacent to an activating group) is 1. The molecule has 2 rings (SSSR count). The van der Waals surface area contributed by atoms with Gasteiger partial charge in [0.2, 0.25) is 5.91 Å². The number of aromatic nitrogens is 2.